The number of esters is 1. The van der Waals surface area contributed by atoms with E-state index in [1.54, 1.807) is 31.2 Å². The first-order chi connectivity index (χ1) is 12.5. The summed E-state index contributed by atoms with van der Waals surface area (Å²) in [6.07, 6.45) is -0.904. The Kier molecular flexibility index (Phi) is 5.63. The fourth-order valence-electron chi connectivity index (χ4n) is 2.55. The molecule has 0 saturated heterocycles. The highest BCUT2D eigenvalue weighted by atomic mass is 35.5. The van der Waals surface area contributed by atoms with E-state index in [4.69, 9.17) is 25.8 Å². The zero-order valence-corrected chi connectivity index (χ0v) is 14.9. The summed E-state index contributed by atoms with van der Waals surface area (Å²) in [7, 11) is 0. The third-order valence-corrected chi connectivity index (χ3v) is 4.21. The fraction of sp³-hybridized carbons (Fsp3) is 0.263. The van der Waals surface area contributed by atoms with E-state index in [2.05, 4.69) is 5.32 Å². The number of benzene rings is 2. The van der Waals surface area contributed by atoms with Gasteiger partial charge >= 0.3 is 5.97 Å². The van der Waals surface area contributed by atoms with Crippen LogP contribution in [0.5, 0.6) is 11.5 Å². The van der Waals surface area contributed by atoms with Crippen LogP contribution in [0.15, 0.2) is 48.5 Å². The summed E-state index contributed by atoms with van der Waals surface area (Å²) < 4.78 is 16.0. The fourth-order valence-corrected chi connectivity index (χ4v) is 2.85. The van der Waals surface area contributed by atoms with Gasteiger partial charge in [-0.15, -0.1) is 0 Å². The summed E-state index contributed by atoms with van der Waals surface area (Å²) in [4.78, 5) is 24.1. The number of carbonyl (C=O) groups excluding carboxylic acids is 2. The molecule has 2 aromatic rings. The standard InChI is InChI=1S/C19H18ClNO5/c1-12(13-6-2-3-7-14(13)20)21-18(22)11-25-19(23)17-10-24-15-8-4-5-9-16(15)26-17/h2-9,12,17H,10-11H2,1H3,(H,21,22)/t12-,17-/m0/s1. The van der Waals surface area contributed by atoms with Crippen LogP contribution < -0.4 is 14.8 Å². The minimum absolute atomic E-state index is 0.0352. The summed E-state index contributed by atoms with van der Waals surface area (Å²) in [6, 6.07) is 13.9. The largest absolute Gasteiger partial charge is 0.485 e. The van der Waals surface area contributed by atoms with Gasteiger partial charge in [-0.1, -0.05) is 41.9 Å². The molecule has 2 aromatic carbocycles. The lowest BCUT2D eigenvalue weighted by Crippen LogP contribution is -2.40. The molecule has 6 nitrogen and oxygen atoms in total. The van der Waals surface area contributed by atoms with Gasteiger partial charge in [-0.05, 0) is 30.7 Å². The number of carbonyl (C=O) groups is 2. The van der Waals surface area contributed by atoms with Crippen LogP contribution >= 0.6 is 11.6 Å². The van der Waals surface area contributed by atoms with Crippen LogP contribution in [0.2, 0.25) is 5.02 Å². The molecule has 0 unspecified atom stereocenters. The highest BCUT2D eigenvalue weighted by Crippen LogP contribution is 2.31. The molecule has 0 aliphatic carbocycles. The quantitative estimate of drug-likeness (QED) is 0.813. The maximum absolute atomic E-state index is 12.1. The van der Waals surface area contributed by atoms with Gasteiger partial charge in [0.25, 0.3) is 5.91 Å². The van der Waals surface area contributed by atoms with Crippen molar-refractivity contribution in [3.63, 3.8) is 0 Å². The molecule has 0 fully saturated rings. The van der Waals surface area contributed by atoms with E-state index in [0.29, 0.717) is 16.5 Å². The lowest BCUT2D eigenvalue weighted by molar-refractivity contribution is -0.157. The van der Waals surface area contributed by atoms with Crippen molar-refractivity contribution in [2.75, 3.05) is 13.2 Å². The number of halogens is 1. The third kappa shape index (κ3) is 4.26. The summed E-state index contributed by atoms with van der Waals surface area (Å²) in [5, 5.41) is 3.30. The van der Waals surface area contributed by atoms with Crippen molar-refractivity contribution < 1.29 is 23.8 Å². The van der Waals surface area contributed by atoms with Crippen LogP contribution in [0.1, 0.15) is 18.5 Å². The van der Waals surface area contributed by atoms with Crippen molar-refractivity contribution >= 4 is 23.5 Å². The monoisotopic (exact) mass is 375 g/mol. The first-order valence-electron chi connectivity index (χ1n) is 8.13. The zero-order chi connectivity index (χ0) is 18.5. The van der Waals surface area contributed by atoms with Gasteiger partial charge in [0.15, 0.2) is 18.1 Å². The van der Waals surface area contributed by atoms with Crippen LogP contribution in [-0.2, 0) is 14.3 Å². The van der Waals surface area contributed by atoms with Gasteiger partial charge in [-0.2, -0.15) is 0 Å². The highest BCUT2D eigenvalue weighted by Gasteiger charge is 2.29. The van der Waals surface area contributed by atoms with Gasteiger partial charge in [0, 0.05) is 5.02 Å². The summed E-state index contributed by atoms with van der Waals surface area (Å²) in [6.45, 7) is 1.43. The number of hydrogen-bond donors (Lipinski definition) is 1. The van der Waals surface area contributed by atoms with Crippen LogP contribution in [0.4, 0.5) is 0 Å². The number of fused-ring (bicyclic) bond motifs is 1. The van der Waals surface area contributed by atoms with Crippen molar-refractivity contribution in [2.45, 2.75) is 19.1 Å². The lowest BCUT2D eigenvalue weighted by Gasteiger charge is -2.25. The molecule has 26 heavy (non-hydrogen) atoms. The molecular formula is C19H18ClNO5. The maximum atomic E-state index is 12.1. The van der Waals surface area contributed by atoms with Gasteiger partial charge in [0.2, 0.25) is 6.10 Å². The van der Waals surface area contributed by atoms with Crippen molar-refractivity contribution in [2.24, 2.45) is 0 Å². The topological polar surface area (TPSA) is 73.9 Å². The molecule has 3 rings (SSSR count). The molecule has 1 amide bonds. The van der Waals surface area contributed by atoms with Gasteiger partial charge < -0.3 is 19.5 Å². The Morgan fingerprint density at radius 2 is 1.88 bits per heavy atom. The average molecular weight is 376 g/mol. The highest BCUT2D eigenvalue weighted by molar-refractivity contribution is 6.31. The van der Waals surface area contributed by atoms with Crippen molar-refractivity contribution in [1.29, 1.82) is 0 Å². The van der Waals surface area contributed by atoms with Crippen LogP contribution in [-0.4, -0.2) is 31.2 Å². The lowest BCUT2D eigenvalue weighted by atomic mass is 10.1. The maximum Gasteiger partial charge on any atom is 0.351 e. The Hall–Kier alpha value is -2.73. The number of amides is 1. The van der Waals surface area contributed by atoms with Gasteiger partial charge in [-0.3, -0.25) is 4.79 Å². The Morgan fingerprint density at radius 3 is 2.65 bits per heavy atom. The second-order valence-electron chi connectivity index (χ2n) is 5.78. The van der Waals surface area contributed by atoms with Crippen LogP contribution in [0, 0.1) is 0 Å². The van der Waals surface area contributed by atoms with Crippen LogP contribution in [0.25, 0.3) is 0 Å². The third-order valence-electron chi connectivity index (χ3n) is 3.87. The van der Waals surface area contributed by atoms with E-state index in [9.17, 15) is 9.59 Å². The Bertz CT molecular complexity index is 810. The number of para-hydroxylation sites is 2. The Labute approximate surface area is 156 Å². The van der Waals surface area contributed by atoms with Crippen LogP contribution in [0.3, 0.4) is 0 Å². The van der Waals surface area contributed by atoms with E-state index in [1.807, 2.05) is 24.3 Å². The molecule has 1 N–H and O–H groups in total. The minimum Gasteiger partial charge on any atom is -0.485 e. The summed E-state index contributed by atoms with van der Waals surface area (Å²) >= 11 is 6.11. The average Bonchev–Trinajstić information content (AvgIpc) is 2.66. The normalized spacial score (nSPS) is 16.5. The smallest absolute Gasteiger partial charge is 0.351 e. The van der Waals surface area contributed by atoms with Crippen molar-refractivity contribution in [1.82, 2.24) is 5.32 Å². The first kappa shape index (κ1) is 18.1. The molecule has 0 aromatic heterocycles. The molecule has 0 bridgehead atoms. The van der Waals surface area contributed by atoms with Gasteiger partial charge in [0.1, 0.15) is 6.61 Å². The van der Waals surface area contributed by atoms with E-state index < -0.39 is 24.6 Å². The van der Waals surface area contributed by atoms with Gasteiger partial charge in [-0.25, -0.2) is 4.79 Å². The Morgan fingerprint density at radius 1 is 1.19 bits per heavy atom. The molecule has 0 spiro atoms. The molecule has 0 radical (unpaired) electrons. The molecule has 7 heteroatoms. The number of ether oxygens (including phenoxy) is 3. The second-order valence-corrected chi connectivity index (χ2v) is 6.19. The van der Waals surface area contributed by atoms with Crippen molar-refractivity contribution in [3.05, 3.63) is 59.1 Å². The molecule has 136 valence electrons. The predicted molar refractivity (Wildman–Crippen MR) is 95.3 cm³/mol. The number of nitrogens with one attached hydrogen (secondary N) is 1. The number of rotatable bonds is 5. The molecular weight excluding hydrogens is 358 g/mol. The van der Waals surface area contributed by atoms with E-state index in [-0.39, 0.29) is 12.6 Å². The second kappa shape index (κ2) is 8.10. The number of hydrogen-bond acceptors (Lipinski definition) is 5. The molecule has 0 saturated carbocycles. The summed E-state index contributed by atoms with van der Waals surface area (Å²) in [5.41, 5.74) is 0.787. The molecule has 1 aliphatic rings. The zero-order valence-electron chi connectivity index (χ0n) is 14.1. The van der Waals surface area contributed by atoms with Gasteiger partial charge in [0.05, 0.1) is 6.04 Å². The van der Waals surface area contributed by atoms with Crippen molar-refractivity contribution in [3.8, 4) is 11.5 Å². The van der Waals surface area contributed by atoms with E-state index in [1.165, 1.54) is 0 Å². The summed E-state index contributed by atoms with van der Waals surface area (Å²) in [5.74, 6) is -0.0386. The molecule has 2 atom stereocenters. The Balaban J connectivity index is 1.49. The van der Waals surface area contributed by atoms with E-state index >= 15 is 0 Å². The minimum atomic E-state index is -0.904. The first-order valence-corrected chi connectivity index (χ1v) is 8.51. The SMILES string of the molecule is C[C@H](NC(=O)COC(=O)[C@@H]1COc2ccccc2O1)c1ccccc1Cl. The predicted octanol–water partition coefficient (Wildman–Crippen LogP) is 2.90. The molecule has 1 aliphatic heterocycles. The molecule has 1 heterocycles. The van der Waals surface area contributed by atoms with E-state index in [0.717, 1.165) is 5.56 Å².